The van der Waals surface area contributed by atoms with Gasteiger partial charge in [-0.25, -0.2) is 19.9 Å². The summed E-state index contributed by atoms with van der Waals surface area (Å²) >= 11 is 3.43. The maximum Gasteiger partial charge on any atom is 0.261 e. The van der Waals surface area contributed by atoms with Gasteiger partial charge in [0.2, 0.25) is 0 Å². The van der Waals surface area contributed by atoms with Gasteiger partial charge in [-0.3, -0.25) is 28.2 Å². The van der Waals surface area contributed by atoms with Crippen LogP contribution in [0, 0.1) is 24.2 Å². The molecule has 2 atom stereocenters. The van der Waals surface area contributed by atoms with Gasteiger partial charge >= 0.3 is 0 Å². The Morgan fingerprint density at radius 2 is 1.26 bits per heavy atom. The van der Waals surface area contributed by atoms with E-state index in [0.29, 0.717) is 23.4 Å². The summed E-state index contributed by atoms with van der Waals surface area (Å²) in [6, 6.07) is 19.7. The molecule has 4 aliphatic heterocycles. The van der Waals surface area contributed by atoms with E-state index in [0.717, 1.165) is 82.9 Å². The van der Waals surface area contributed by atoms with Crippen LogP contribution in [0.25, 0.3) is 11.3 Å². The summed E-state index contributed by atoms with van der Waals surface area (Å²) in [5.74, 6) is 8.58. The molecule has 2 saturated heterocycles. The molecule has 10 rings (SSSR count). The number of halogens is 1. The topological polar surface area (TPSA) is 101 Å². The third kappa shape index (κ3) is 7.42. The first kappa shape index (κ1) is 34.6. The molecule has 53 heavy (non-hydrogen) atoms. The minimum absolute atomic E-state index is 0.0702. The summed E-state index contributed by atoms with van der Waals surface area (Å²) in [7, 11) is 0. The third-order valence-corrected chi connectivity index (χ3v) is 10.9. The summed E-state index contributed by atoms with van der Waals surface area (Å²) in [6.45, 7) is 3.87. The zero-order valence-electron chi connectivity index (χ0n) is 29.2. The van der Waals surface area contributed by atoms with Gasteiger partial charge in [0.1, 0.15) is 22.7 Å². The summed E-state index contributed by atoms with van der Waals surface area (Å²) in [4.78, 5) is 47.9. The van der Waals surface area contributed by atoms with Crippen molar-refractivity contribution in [3.05, 3.63) is 150 Å². The molecule has 0 spiro atoms. The number of aromatic nitrogens is 6. The second kappa shape index (κ2) is 15.3. The number of pyridine rings is 4. The molecular weight excluding hydrogens is 728 g/mol. The van der Waals surface area contributed by atoms with Crippen molar-refractivity contribution in [3.63, 3.8) is 0 Å². The van der Waals surface area contributed by atoms with Gasteiger partial charge < -0.3 is 0 Å². The number of terminal acetylenes is 1. The van der Waals surface area contributed by atoms with Gasteiger partial charge in [-0.1, -0.05) is 39.9 Å². The van der Waals surface area contributed by atoms with Gasteiger partial charge in [0, 0.05) is 71.1 Å². The van der Waals surface area contributed by atoms with Crippen molar-refractivity contribution in [1.29, 1.82) is 0 Å². The van der Waals surface area contributed by atoms with Gasteiger partial charge in [0.25, 0.3) is 11.1 Å². The second-order valence-corrected chi connectivity index (χ2v) is 14.6. The number of fused-ring (bicyclic) bond motifs is 6. The van der Waals surface area contributed by atoms with Crippen LogP contribution in [-0.4, -0.2) is 63.7 Å². The lowest BCUT2D eigenvalue weighted by molar-refractivity contribution is 0.223. The van der Waals surface area contributed by atoms with Crippen LogP contribution in [0.2, 0.25) is 0 Å². The van der Waals surface area contributed by atoms with Gasteiger partial charge in [-0.15, -0.1) is 6.42 Å². The zero-order valence-corrected chi connectivity index (χ0v) is 30.7. The average Bonchev–Trinajstić information content (AvgIpc) is 3.86. The first-order valence-electron chi connectivity index (χ1n) is 18.0. The minimum atomic E-state index is 0.0702. The van der Waals surface area contributed by atoms with Crippen LogP contribution in [0.3, 0.4) is 0 Å². The van der Waals surface area contributed by atoms with Crippen LogP contribution in [-0.2, 0) is 25.9 Å². The molecule has 10 nitrogen and oxygen atoms in total. The standard InChI is InChI=1S/C21H18N4O.C14H14BrN3O.C7H5N/c26-21-18-13-17-5-3-10-24(17)14-19(18)23-20-12-15(8-11-25(20)21)6-7-16-4-1-2-9-22-16;15-9-3-5-18-13(6-9)16-12-8-17-4-1-2-10(17)7-11(12)14(18)19;1-2-7-5-3-4-6-8-7/h1-2,4,8-9,11-12,17H,3,5,10,13-14H2;3,5-6,10H,1-2,4,7-8H2;1,3-6H. The van der Waals surface area contributed by atoms with E-state index in [1.807, 2.05) is 54.6 Å². The molecule has 6 aromatic rings. The van der Waals surface area contributed by atoms with Crippen LogP contribution in [0.1, 0.15) is 65.1 Å². The highest BCUT2D eigenvalue weighted by Crippen LogP contribution is 2.29. The van der Waals surface area contributed by atoms with Gasteiger partial charge in [0.05, 0.1) is 11.4 Å². The lowest BCUT2D eigenvalue weighted by Gasteiger charge is -2.30. The van der Waals surface area contributed by atoms with Crippen molar-refractivity contribution in [3.8, 4) is 24.2 Å². The molecule has 2 unspecified atom stereocenters. The smallest absolute Gasteiger partial charge is 0.261 e. The van der Waals surface area contributed by atoms with Crippen molar-refractivity contribution < 1.29 is 0 Å². The fourth-order valence-corrected chi connectivity index (χ4v) is 8.03. The lowest BCUT2D eigenvalue weighted by Crippen LogP contribution is -2.39. The van der Waals surface area contributed by atoms with Crippen molar-refractivity contribution in [2.24, 2.45) is 0 Å². The van der Waals surface area contributed by atoms with E-state index in [4.69, 9.17) is 11.4 Å². The van der Waals surface area contributed by atoms with Gasteiger partial charge in [0.15, 0.2) is 0 Å². The quantitative estimate of drug-likeness (QED) is 0.198. The molecule has 264 valence electrons. The number of rotatable bonds is 0. The van der Waals surface area contributed by atoms with E-state index in [-0.39, 0.29) is 11.1 Å². The molecule has 0 radical (unpaired) electrons. The van der Waals surface area contributed by atoms with Gasteiger partial charge in [-0.05, 0) is 106 Å². The third-order valence-electron chi connectivity index (χ3n) is 10.4. The van der Waals surface area contributed by atoms with E-state index in [1.165, 1.54) is 25.7 Å². The molecular formula is C42H37BrN8O2. The number of hydrogen-bond acceptors (Lipinski definition) is 8. The summed E-state index contributed by atoms with van der Waals surface area (Å²) in [6.07, 6.45) is 18.6. The molecule has 0 N–H and O–H groups in total. The molecule has 2 fully saturated rings. The van der Waals surface area contributed by atoms with Crippen molar-refractivity contribution in [2.75, 3.05) is 13.1 Å². The Morgan fingerprint density at radius 3 is 1.81 bits per heavy atom. The Morgan fingerprint density at radius 1 is 0.698 bits per heavy atom. The Kier molecular flexibility index (Phi) is 9.96. The average molecular weight is 766 g/mol. The number of hydrogen-bond donors (Lipinski definition) is 0. The fraction of sp³-hybridized carbons (Fsp3) is 0.286. The predicted molar refractivity (Wildman–Crippen MR) is 207 cm³/mol. The molecule has 0 saturated carbocycles. The molecule has 11 heteroatoms. The Hall–Kier alpha value is -5.46. The van der Waals surface area contributed by atoms with Crippen molar-refractivity contribution >= 4 is 27.2 Å². The van der Waals surface area contributed by atoms with E-state index >= 15 is 0 Å². The van der Waals surface area contributed by atoms with E-state index in [1.54, 1.807) is 39.7 Å². The second-order valence-electron chi connectivity index (χ2n) is 13.7. The SMILES string of the molecule is C#Cc1ccccn1.O=c1c2c(nc3cc(Br)ccn13)CN1CCCC1C2.O=c1c2c(nc3cc(C#Cc4ccccn4)ccn13)CN1CCCC1C2. The highest BCUT2D eigenvalue weighted by Gasteiger charge is 2.33. The molecule has 0 amide bonds. The Balaban J connectivity index is 0.000000129. The normalized spacial score (nSPS) is 18.5. The fourth-order valence-electron chi connectivity index (χ4n) is 7.71. The molecule has 0 bridgehead atoms. The van der Waals surface area contributed by atoms with Crippen molar-refractivity contribution in [1.82, 2.24) is 38.5 Å². The monoisotopic (exact) mass is 764 g/mol. The predicted octanol–water partition coefficient (Wildman–Crippen LogP) is 5.05. The largest absolute Gasteiger partial charge is 0.294 e. The minimum Gasteiger partial charge on any atom is -0.294 e. The van der Waals surface area contributed by atoms with Crippen LogP contribution in [0.15, 0.2) is 99.5 Å². The highest BCUT2D eigenvalue weighted by molar-refractivity contribution is 9.10. The lowest BCUT2D eigenvalue weighted by atomic mass is 9.99. The zero-order chi connectivity index (χ0) is 36.3. The Bertz CT molecular complexity index is 2540. The Labute approximate surface area is 315 Å². The number of nitrogens with zero attached hydrogens (tertiary/aromatic N) is 8. The van der Waals surface area contributed by atoms with E-state index < -0.39 is 0 Å². The van der Waals surface area contributed by atoms with E-state index in [9.17, 15) is 9.59 Å². The van der Waals surface area contributed by atoms with Gasteiger partial charge in [-0.2, -0.15) is 0 Å². The van der Waals surface area contributed by atoms with E-state index in [2.05, 4.69) is 58.4 Å². The maximum atomic E-state index is 12.9. The van der Waals surface area contributed by atoms with Crippen LogP contribution < -0.4 is 11.1 Å². The highest BCUT2D eigenvalue weighted by atomic mass is 79.9. The molecule has 0 aromatic carbocycles. The summed E-state index contributed by atoms with van der Waals surface area (Å²) in [5, 5.41) is 0. The molecule has 0 aliphatic carbocycles. The van der Waals surface area contributed by atoms with Crippen LogP contribution in [0.4, 0.5) is 0 Å². The summed E-state index contributed by atoms with van der Waals surface area (Å²) in [5.41, 5.74) is 7.54. The molecule has 6 aromatic heterocycles. The molecule has 10 heterocycles. The van der Waals surface area contributed by atoms with Crippen molar-refractivity contribution in [2.45, 2.75) is 63.7 Å². The maximum absolute atomic E-state index is 12.9. The molecule has 4 aliphatic rings. The first-order chi connectivity index (χ1) is 25.9. The summed E-state index contributed by atoms with van der Waals surface area (Å²) < 4.78 is 4.26. The van der Waals surface area contributed by atoms with Crippen LogP contribution in [0.5, 0.6) is 0 Å². The van der Waals surface area contributed by atoms with Crippen LogP contribution >= 0.6 is 15.9 Å². The first-order valence-corrected chi connectivity index (χ1v) is 18.8.